The first-order chi connectivity index (χ1) is 9.07. The summed E-state index contributed by atoms with van der Waals surface area (Å²) < 4.78 is 7.47. The molecule has 1 rings (SSSR count). The SMILES string of the molecule is CCc1nn(CC(C)OC)c(CC)c1CC(N)CC. The highest BCUT2D eigenvalue weighted by Crippen LogP contribution is 2.19. The van der Waals surface area contributed by atoms with Gasteiger partial charge in [0.15, 0.2) is 0 Å². The summed E-state index contributed by atoms with van der Waals surface area (Å²) >= 11 is 0. The highest BCUT2D eigenvalue weighted by molar-refractivity contribution is 5.28. The van der Waals surface area contributed by atoms with Crippen molar-refractivity contribution in [3.8, 4) is 0 Å². The van der Waals surface area contributed by atoms with E-state index in [1.807, 2.05) is 0 Å². The molecule has 4 nitrogen and oxygen atoms in total. The third kappa shape index (κ3) is 4.05. The van der Waals surface area contributed by atoms with Crippen LogP contribution in [0.3, 0.4) is 0 Å². The Morgan fingerprint density at radius 3 is 2.42 bits per heavy atom. The maximum Gasteiger partial charge on any atom is 0.0739 e. The van der Waals surface area contributed by atoms with Crippen molar-refractivity contribution in [1.82, 2.24) is 9.78 Å². The topological polar surface area (TPSA) is 53.1 Å². The summed E-state index contributed by atoms with van der Waals surface area (Å²) in [5, 5.41) is 4.76. The van der Waals surface area contributed by atoms with Crippen molar-refractivity contribution < 1.29 is 4.74 Å². The third-order valence-corrected chi connectivity index (χ3v) is 3.74. The van der Waals surface area contributed by atoms with E-state index in [0.717, 1.165) is 32.2 Å². The molecule has 0 saturated carbocycles. The molecule has 2 unspecified atom stereocenters. The number of hydrogen-bond acceptors (Lipinski definition) is 3. The molecule has 0 aliphatic carbocycles. The second-order valence-corrected chi connectivity index (χ2v) is 5.18. The smallest absolute Gasteiger partial charge is 0.0739 e. The second-order valence-electron chi connectivity index (χ2n) is 5.18. The Balaban J connectivity index is 3.05. The Bertz CT molecular complexity index is 387. The summed E-state index contributed by atoms with van der Waals surface area (Å²) in [6.45, 7) is 9.37. The van der Waals surface area contributed by atoms with Crippen LogP contribution in [0.15, 0.2) is 0 Å². The first kappa shape index (κ1) is 16.2. The third-order valence-electron chi connectivity index (χ3n) is 3.74. The minimum atomic E-state index is 0.183. The largest absolute Gasteiger partial charge is 0.380 e. The van der Waals surface area contributed by atoms with E-state index in [0.29, 0.717) is 0 Å². The molecule has 0 aliphatic rings. The number of ether oxygens (including phenoxy) is 1. The van der Waals surface area contributed by atoms with E-state index in [2.05, 4.69) is 32.4 Å². The fourth-order valence-corrected chi connectivity index (χ4v) is 2.38. The van der Waals surface area contributed by atoms with Crippen molar-refractivity contribution in [2.45, 2.75) is 72.1 Å². The highest BCUT2D eigenvalue weighted by atomic mass is 16.5. The van der Waals surface area contributed by atoms with E-state index in [1.165, 1.54) is 17.0 Å². The van der Waals surface area contributed by atoms with Gasteiger partial charge in [0.25, 0.3) is 0 Å². The van der Waals surface area contributed by atoms with E-state index in [9.17, 15) is 0 Å². The molecular formula is C15H29N3O. The van der Waals surface area contributed by atoms with Crippen molar-refractivity contribution in [3.05, 3.63) is 17.0 Å². The molecule has 1 heterocycles. The number of nitrogens with two attached hydrogens (primary N) is 1. The van der Waals surface area contributed by atoms with Crippen LogP contribution in [0.1, 0.15) is 51.1 Å². The van der Waals surface area contributed by atoms with Gasteiger partial charge in [-0.2, -0.15) is 5.10 Å². The molecule has 0 fully saturated rings. The van der Waals surface area contributed by atoms with Gasteiger partial charge in [0, 0.05) is 18.8 Å². The van der Waals surface area contributed by atoms with Crippen LogP contribution in [0.2, 0.25) is 0 Å². The molecule has 4 heteroatoms. The standard InChI is InChI=1S/C15H29N3O/c1-6-12(16)9-13-14(7-2)17-18(15(13)8-3)10-11(4)19-5/h11-12H,6-10,16H2,1-5H3. The van der Waals surface area contributed by atoms with E-state index in [4.69, 9.17) is 15.6 Å². The molecular weight excluding hydrogens is 238 g/mol. The van der Waals surface area contributed by atoms with Gasteiger partial charge in [-0.1, -0.05) is 20.8 Å². The van der Waals surface area contributed by atoms with Crippen LogP contribution >= 0.6 is 0 Å². The summed E-state index contributed by atoms with van der Waals surface area (Å²) in [6.07, 6.45) is 4.08. The average molecular weight is 267 g/mol. The number of rotatable bonds is 8. The molecule has 0 aromatic carbocycles. The van der Waals surface area contributed by atoms with Crippen LogP contribution in [-0.4, -0.2) is 29.0 Å². The summed E-state index contributed by atoms with van der Waals surface area (Å²) in [6, 6.07) is 0.230. The van der Waals surface area contributed by atoms with E-state index in [1.54, 1.807) is 7.11 Å². The van der Waals surface area contributed by atoms with E-state index >= 15 is 0 Å². The lowest BCUT2D eigenvalue weighted by Crippen LogP contribution is -2.23. The molecule has 0 bridgehead atoms. The molecule has 0 radical (unpaired) electrons. The predicted molar refractivity (Wildman–Crippen MR) is 79.4 cm³/mol. The Hall–Kier alpha value is -0.870. The molecule has 19 heavy (non-hydrogen) atoms. The lowest BCUT2D eigenvalue weighted by atomic mass is 10.00. The van der Waals surface area contributed by atoms with Crippen molar-refractivity contribution >= 4 is 0 Å². The Labute approximate surface area is 117 Å². The van der Waals surface area contributed by atoms with E-state index < -0.39 is 0 Å². The van der Waals surface area contributed by atoms with Crippen LogP contribution in [-0.2, 0) is 30.5 Å². The summed E-state index contributed by atoms with van der Waals surface area (Å²) in [4.78, 5) is 0. The van der Waals surface area contributed by atoms with Gasteiger partial charge in [0.1, 0.15) is 0 Å². The van der Waals surface area contributed by atoms with Crippen molar-refractivity contribution in [3.63, 3.8) is 0 Å². The van der Waals surface area contributed by atoms with Gasteiger partial charge in [0.2, 0.25) is 0 Å². The Kier molecular flexibility index (Phi) is 6.52. The minimum Gasteiger partial charge on any atom is -0.380 e. The zero-order chi connectivity index (χ0) is 14.4. The monoisotopic (exact) mass is 267 g/mol. The molecule has 0 spiro atoms. The summed E-state index contributed by atoms with van der Waals surface area (Å²) in [7, 11) is 1.74. The zero-order valence-corrected chi connectivity index (χ0v) is 13.1. The molecule has 0 saturated heterocycles. The average Bonchev–Trinajstić information content (AvgIpc) is 2.75. The van der Waals surface area contributed by atoms with E-state index in [-0.39, 0.29) is 12.1 Å². The molecule has 2 N–H and O–H groups in total. The van der Waals surface area contributed by atoms with Gasteiger partial charge in [-0.25, -0.2) is 0 Å². The maximum atomic E-state index is 6.13. The lowest BCUT2D eigenvalue weighted by molar-refractivity contribution is 0.0989. The highest BCUT2D eigenvalue weighted by Gasteiger charge is 2.18. The fraction of sp³-hybridized carbons (Fsp3) is 0.800. The number of aryl methyl sites for hydroxylation is 1. The van der Waals surface area contributed by atoms with Crippen molar-refractivity contribution in [2.24, 2.45) is 5.73 Å². The fourth-order valence-electron chi connectivity index (χ4n) is 2.38. The predicted octanol–water partition coefficient (Wildman–Crippen LogP) is 2.32. The molecule has 1 aromatic heterocycles. The number of nitrogens with zero attached hydrogens (tertiary/aromatic N) is 2. The summed E-state index contributed by atoms with van der Waals surface area (Å²) in [5.74, 6) is 0. The molecule has 2 atom stereocenters. The quantitative estimate of drug-likeness (QED) is 0.786. The van der Waals surface area contributed by atoms with Gasteiger partial charge >= 0.3 is 0 Å². The number of hydrogen-bond donors (Lipinski definition) is 1. The van der Waals surface area contributed by atoms with Crippen LogP contribution < -0.4 is 5.73 Å². The molecule has 110 valence electrons. The van der Waals surface area contributed by atoms with Crippen LogP contribution in [0.4, 0.5) is 0 Å². The lowest BCUT2D eigenvalue weighted by Gasteiger charge is -2.14. The molecule has 1 aromatic rings. The maximum absolute atomic E-state index is 6.13. The molecule has 0 amide bonds. The van der Waals surface area contributed by atoms with Gasteiger partial charge in [0.05, 0.1) is 18.3 Å². The van der Waals surface area contributed by atoms with Crippen LogP contribution in [0, 0.1) is 0 Å². The van der Waals surface area contributed by atoms with Crippen LogP contribution in [0.25, 0.3) is 0 Å². The Morgan fingerprint density at radius 2 is 1.95 bits per heavy atom. The van der Waals surface area contributed by atoms with Gasteiger partial charge in [-0.15, -0.1) is 0 Å². The van der Waals surface area contributed by atoms with Gasteiger partial charge in [-0.05, 0) is 38.2 Å². The van der Waals surface area contributed by atoms with Crippen molar-refractivity contribution in [1.29, 1.82) is 0 Å². The Morgan fingerprint density at radius 1 is 1.26 bits per heavy atom. The number of aromatic nitrogens is 2. The molecule has 0 aliphatic heterocycles. The normalized spacial score (nSPS) is 14.6. The first-order valence-electron chi connectivity index (χ1n) is 7.42. The van der Waals surface area contributed by atoms with Gasteiger partial charge < -0.3 is 10.5 Å². The summed E-state index contributed by atoms with van der Waals surface area (Å²) in [5.41, 5.74) is 10.0. The second kappa shape index (κ2) is 7.65. The van der Waals surface area contributed by atoms with Gasteiger partial charge in [-0.3, -0.25) is 4.68 Å². The zero-order valence-electron chi connectivity index (χ0n) is 13.1. The first-order valence-corrected chi connectivity index (χ1v) is 7.42. The minimum absolute atomic E-state index is 0.183. The van der Waals surface area contributed by atoms with Crippen molar-refractivity contribution in [2.75, 3.05) is 7.11 Å². The number of methoxy groups -OCH3 is 1. The van der Waals surface area contributed by atoms with Crippen LogP contribution in [0.5, 0.6) is 0 Å².